The van der Waals surface area contributed by atoms with Crippen molar-refractivity contribution in [3.05, 3.63) is 41.6 Å². The van der Waals surface area contributed by atoms with Crippen LogP contribution in [0.15, 0.2) is 30.5 Å². The minimum absolute atomic E-state index is 0.214. The van der Waals surface area contributed by atoms with Crippen LogP contribution in [0, 0.1) is 6.92 Å². The Balaban J connectivity index is 2.36. The van der Waals surface area contributed by atoms with Crippen LogP contribution in [-0.2, 0) is 0 Å². The Bertz CT molecular complexity index is 552. The van der Waals surface area contributed by atoms with Crippen molar-refractivity contribution in [1.82, 2.24) is 9.97 Å². The first-order valence-electron chi connectivity index (χ1n) is 5.93. The lowest BCUT2D eigenvalue weighted by Gasteiger charge is -2.13. The van der Waals surface area contributed by atoms with Gasteiger partial charge in [0.25, 0.3) is 0 Å². The number of rotatable bonds is 3. The lowest BCUT2D eigenvalue weighted by atomic mass is 10.0. The second kappa shape index (κ2) is 5.04. The molecule has 4 heteroatoms. The van der Waals surface area contributed by atoms with Gasteiger partial charge in [0.2, 0.25) is 11.8 Å². The lowest BCUT2D eigenvalue weighted by Crippen LogP contribution is -1.99. The number of nitrogens with zero attached hydrogens (tertiary/aromatic N) is 2. The number of nitrogens with two attached hydrogens (primary N) is 1. The molecular formula is C14H17N3O. The average molecular weight is 243 g/mol. The van der Waals surface area contributed by atoms with Gasteiger partial charge in [-0.05, 0) is 30.0 Å². The van der Waals surface area contributed by atoms with Crippen molar-refractivity contribution in [2.75, 3.05) is 5.73 Å². The molecule has 0 amide bonds. The molecule has 0 aliphatic carbocycles. The summed E-state index contributed by atoms with van der Waals surface area (Å²) in [6.07, 6.45) is 1.59. The lowest BCUT2D eigenvalue weighted by molar-refractivity contribution is 0.453. The van der Waals surface area contributed by atoms with Crippen molar-refractivity contribution in [3.63, 3.8) is 0 Å². The normalized spacial score (nSPS) is 10.7. The SMILES string of the molecule is Cc1ccc(C(C)C)c(Oc2ccnc(N)n2)c1. The highest BCUT2D eigenvalue weighted by molar-refractivity contribution is 5.41. The van der Waals surface area contributed by atoms with Gasteiger partial charge in [0.1, 0.15) is 5.75 Å². The quantitative estimate of drug-likeness (QED) is 0.898. The van der Waals surface area contributed by atoms with Gasteiger partial charge in [-0.3, -0.25) is 0 Å². The highest BCUT2D eigenvalue weighted by atomic mass is 16.5. The molecule has 0 fully saturated rings. The number of nitrogen functional groups attached to an aromatic ring is 1. The van der Waals surface area contributed by atoms with Gasteiger partial charge in [0.15, 0.2) is 0 Å². The Labute approximate surface area is 107 Å². The van der Waals surface area contributed by atoms with E-state index in [1.54, 1.807) is 12.3 Å². The number of benzene rings is 1. The minimum atomic E-state index is 0.214. The summed E-state index contributed by atoms with van der Waals surface area (Å²) in [4.78, 5) is 7.89. The Kier molecular flexibility index (Phi) is 3.46. The molecular weight excluding hydrogens is 226 g/mol. The highest BCUT2D eigenvalue weighted by Gasteiger charge is 2.09. The molecule has 1 heterocycles. The fraction of sp³-hybridized carbons (Fsp3) is 0.286. The second-order valence-corrected chi connectivity index (χ2v) is 4.55. The molecule has 0 aliphatic rings. The van der Waals surface area contributed by atoms with Crippen LogP contribution >= 0.6 is 0 Å². The average Bonchev–Trinajstić information content (AvgIpc) is 2.28. The summed E-state index contributed by atoms with van der Waals surface area (Å²) in [6, 6.07) is 7.87. The van der Waals surface area contributed by atoms with Crippen LogP contribution in [0.4, 0.5) is 5.95 Å². The zero-order valence-electron chi connectivity index (χ0n) is 10.8. The Morgan fingerprint density at radius 1 is 1.22 bits per heavy atom. The molecule has 18 heavy (non-hydrogen) atoms. The van der Waals surface area contributed by atoms with Crippen molar-refractivity contribution in [2.24, 2.45) is 0 Å². The summed E-state index contributed by atoms with van der Waals surface area (Å²) in [7, 11) is 0. The number of aryl methyl sites for hydroxylation is 1. The predicted octanol–water partition coefficient (Wildman–Crippen LogP) is 3.28. The Morgan fingerprint density at radius 3 is 2.67 bits per heavy atom. The number of aromatic nitrogens is 2. The van der Waals surface area contributed by atoms with Gasteiger partial charge in [0, 0.05) is 12.3 Å². The van der Waals surface area contributed by atoms with Crippen molar-refractivity contribution in [1.29, 1.82) is 0 Å². The smallest absolute Gasteiger partial charge is 0.224 e. The fourth-order valence-electron chi connectivity index (χ4n) is 1.73. The van der Waals surface area contributed by atoms with E-state index in [9.17, 15) is 0 Å². The van der Waals surface area contributed by atoms with Gasteiger partial charge in [-0.15, -0.1) is 0 Å². The van der Waals surface area contributed by atoms with Crippen LogP contribution in [0.5, 0.6) is 11.6 Å². The van der Waals surface area contributed by atoms with Gasteiger partial charge in [-0.2, -0.15) is 4.98 Å². The summed E-state index contributed by atoms with van der Waals surface area (Å²) in [6.45, 7) is 6.29. The van der Waals surface area contributed by atoms with Crippen molar-refractivity contribution in [2.45, 2.75) is 26.7 Å². The molecule has 0 unspecified atom stereocenters. The van der Waals surface area contributed by atoms with Gasteiger partial charge in [-0.1, -0.05) is 26.0 Å². The van der Waals surface area contributed by atoms with Crippen LogP contribution in [0.25, 0.3) is 0 Å². The molecule has 0 spiro atoms. The van der Waals surface area contributed by atoms with E-state index in [1.807, 2.05) is 13.0 Å². The largest absolute Gasteiger partial charge is 0.439 e. The van der Waals surface area contributed by atoms with E-state index in [0.717, 1.165) is 16.9 Å². The molecule has 0 bridgehead atoms. The molecule has 2 N–H and O–H groups in total. The topological polar surface area (TPSA) is 61.0 Å². The predicted molar refractivity (Wildman–Crippen MR) is 71.8 cm³/mol. The maximum absolute atomic E-state index is 5.80. The summed E-state index contributed by atoms with van der Waals surface area (Å²) >= 11 is 0. The molecule has 2 rings (SSSR count). The molecule has 0 saturated heterocycles. The number of hydrogen-bond acceptors (Lipinski definition) is 4. The zero-order chi connectivity index (χ0) is 13.1. The van der Waals surface area contributed by atoms with E-state index in [2.05, 4.69) is 35.9 Å². The summed E-state index contributed by atoms with van der Waals surface area (Å²) < 4.78 is 5.80. The van der Waals surface area contributed by atoms with Gasteiger partial charge >= 0.3 is 0 Å². The Hall–Kier alpha value is -2.10. The van der Waals surface area contributed by atoms with Crippen LogP contribution in [0.1, 0.15) is 30.9 Å². The molecule has 94 valence electrons. The molecule has 0 radical (unpaired) electrons. The van der Waals surface area contributed by atoms with E-state index in [4.69, 9.17) is 10.5 Å². The van der Waals surface area contributed by atoms with Crippen molar-refractivity contribution in [3.8, 4) is 11.6 Å². The third-order valence-electron chi connectivity index (χ3n) is 2.65. The molecule has 4 nitrogen and oxygen atoms in total. The van der Waals surface area contributed by atoms with E-state index in [0.29, 0.717) is 11.8 Å². The van der Waals surface area contributed by atoms with Gasteiger partial charge in [0.05, 0.1) is 0 Å². The van der Waals surface area contributed by atoms with E-state index >= 15 is 0 Å². The number of hydrogen-bond donors (Lipinski definition) is 1. The van der Waals surface area contributed by atoms with Crippen LogP contribution < -0.4 is 10.5 Å². The second-order valence-electron chi connectivity index (χ2n) is 4.55. The monoisotopic (exact) mass is 243 g/mol. The Morgan fingerprint density at radius 2 is 2.00 bits per heavy atom. The van der Waals surface area contributed by atoms with Gasteiger partial charge in [-0.25, -0.2) is 4.98 Å². The molecule has 1 aromatic carbocycles. The number of ether oxygens (including phenoxy) is 1. The van der Waals surface area contributed by atoms with Crippen LogP contribution in [-0.4, -0.2) is 9.97 Å². The molecule has 0 saturated carbocycles. The maximum Gasteiger partial charge on any atom is 0.224 e. The first kappa shape index (κ1) is 12.4. The highest BCUT2D eigenvalue weighted by Crippen LogP contribution is 2.30. The summed E-state index contributed by atoms with van der Waals surface area (Å²) in [5, 5.41) is 0. The first-order chi connectivity index (χ1) is 8.56. The molecule has 0 aliphatic heterocycles. The molecule has 1 aromatic heterocycles. The molecule has 0 atom stereocenters. The van der Waals surface area contributed by atoms with Crippen molar-refractivity contribution < 1.29 is 4.74 Å². The maximum atomic E-state index is 5.80. The fourth-order valence-corrected chi connectivity index (χ4v) is 1.73. The standard InChI is InChI=1S/C14H17N3O/c1-9(2)11-5-4-10(3)8-12(11)18-13-6-7-16-14(15)17-13/h4-9H,1-3H3,(H2,15,16,17). The third-order valence-corrected chi connectivity index (χ3v) is 2.65. The van der Waals surface area contributed by atoms with E-state index in [1.165, 1.54) is 0 Å². The summed E-state index contributed by atoms with van der Waals surface area (Å²) in [5.74, 6) is 1.89. The first-order valence-corrected chi connectivity index (χ1v) is 5.93. The zero-order valence-corrected chi connectivity index (χ0v) is 10.8. The molecule has 2 aromatic rings. The number of anilines is 1. The third kappa shape index (κ3) is 2.77. The van der Waals surface area contributed by atoms with Crippen LogP contribution in [0.3, 0.4) is 0 Å². The van der Waals surface area contributed by atoms with E-state index in [-0.39, 0.29) is 5.95 Å². The minimum Gasteiger partial charge on any atom is -0.439 e. The summed E-state index contributed by atoms with van der Waals surface area (Å²) in [5.41, 5.74) is 7.84. The van der Waals surface area contributed by atoms with E-state index < -0.39 is 0 Å². The van der Waals surface area contributed by atoms with Gasteiger partial charge < -0.3 is 10.5 Å². The van der Waals surface area contributed by atoms with Crippen LogP contribution in [0.2, 0.25) is 0 Å². The van der Waals surface area contributed by atoms with Crippen molar-refractivity contribution >= 4 is 5.95 Å².